The smallest absolute Gasteiger partial charge is 0.306 e. The summed E-state index contributed by atoms with van der Waals surface area (Å²) < 4.78 is 16.7. The van der Waals surface area contributed by atoms with Gasteiger partial charge in [0.05, 0.1) is 0 Å². The van der Waals surface area contributed by atoms with E-state index in [2.05, 4.69) is 118 Å². The summed E-state index contributed by atoms with van der Waals surface area (Å²) in [5, 5.41) is 0. The number of hydrogen-bond donors (Lipinski definition) is 0. The van der Waals surface area contributed by atoms with E-state index in [0.29, 0.717) is 19.3 Å². The molecule has 0 aliphatic heterocycles. The van der Waals surface area contributed by atoms with Crippen LogP contribution in [0.4, 0.5) is 0 Å². The molecule has 1 atom stereocenters. The molecule has 0 aromatic carbocycles. The van der Waals surface area contributed by atoms with E-state index in [0.717, 1.165) is 103 Å². The van der Waals surface area contributed by atoms with Crippen LogP contribution in [0.2, 0.25) is 0 Å². The molecule has 6 heteroatoms. The maximum absolute atomic E-state index is 12.8. The molecular weight excluding hydrogens is 829 g/mol. The first-order chi connectivity index (χ1) is 33.0. The van der Waals surface area contributed by atoms with E-state index < -0.39 is 12.1 Å². The second-order valence-electron chi connectivity index (χ2n) is 17.8. The van der Waals surface area contributed by atoms with Gasteiger partial charge in [-0.25, -0.2) is 0 Å². The SMILES string of the molecule is CC/C=C\C/C=C\C/C=C\C/C=C\C/C=C\CCC(=O)OC(COC(=O)CCCCCCC/C=C\C=C/CCCCCCCCC)COC(=O)CCCCCCCC/C=C\C=C/CCCCC. The second kappa shape index (κ2) is 54.7. The molecule has 67 heavy (non-hydrogen) atoms. The summed E-state index contributed by atoms with van der Waals surface area (Å²) in [5.41, 5.74) is 0. The zero-order valence-electron chi connectivity index (χ0n) is 43.4. The summed E-state index contributed by atoms with van der Waals surface area (Å²) in [6.07, 6.45) is 73.7. The molecule has 1 unspecified atom stereocenters. The van der Waals surface area contributed by atoms with E-state index in [1.165, 1.54) is 89.9 Å². The lowest BCUT2D eigenvalue weighted by atomic mass is 10.1. The lowest BCUT2D eigenvalue weighted by molar-refractivity contribution is -0.166. The molecule has 0 N–H and O–H groups in total. The summed E-state index contributed by atoms with van der Waals surface area (Å²) in [5.74, 6) is -1.03. The van der Waals surface area contributed by atoms with Crippen LogP contribution in [0.1, 0.15) is 239 Å². The molecule has 0 heterocycles. The van der Waals surface area contributed by atoms with Gasteiger partial charge in [-0.3, -0.25) is 14.4 Å². The number of rotatable bonds is 48. The standard InChI is InChI=1S/C61H100O6/c1-4-7-10-13-16-19-22-25-28-30-31-34-36-39-42-45-48-51-54-60(63)66-57-58(56-65-59(62)53-50-47-44-41-38-35-32-27-24-21-18-15-12-9-6-3)67-61(64)55-52-49-46-43-40-37-33-29-26-23-20-17-14-11-8-5-2/h8,11,17-18,20-21,24,26-31,34,37,40,46,49,58H,4-7,9-10,12-16,19,22-23,25,32-33,35-36,38-39,41-45,47-48,50-57H2,1-3H3/b11-8-,20-17-,21-18-,27-24-,29-26-,30-28-,34-31-,40-37-,49-46-. The summed E-state index contributed by atoms with van der Waals surface area (Å²) in [7, 11) is 0. The largest absolute Gasteiger partial charge is 0.462 e. The molecule has 0 aromatic rings. The van der Waals surface area contributed by atoms with Crippen molar-refractivity contribution < 1.29 is 28.6 Å². The van der Waals surface area contributed by atoms with E-state index in [1.807, 2.05) is 12.2 Å². The molecule has 0 saturated heterocycles. The highest BCUT2D eigenvalue weighted by Gasteiger charge is 2.19. The number of hydrogen-bond acceptors (Lipinski definition) is 6. The first kappa shape index (κ1) is 63.1. The molecule has 0 radical (unpaired) electrons. The molecule has 0 amide bonds. The Hall–Kier alpha value is -3.93. The molecule has 0 aliphatic carbocycles. The number of allylic oxidation sites excluding steroid dienone is 18. The van der Waals surface area contributed by atoms with Gasteiger partial charge < -0.3 is 14.2 Å². The fourth-order valence-electron chi connectivity index (χ4n) is 7.18. The number of carbonyl (C=O) groups is 3. The first-order valence-corrected chi connectivity index (χ1v) is 27.4. The van der Waals surface area contributed by atoms with Crippen molar-refractivity contribution >= 4 is 17.9 Å². The topological polar surface area (TPSA) is 78.9 Å². The maximum Gasteiger partial charge on any atom is 0.306 e. The van der Waals surface area contributed by atoms with Crippen molar-refractivity contribution in [3.05, 3.63) is 109 Å². The van der Waals surface area contributed by atoms with Crippen LogP contribution in [-0.2, 0) is 28.6 Å². The van der Waals surface area contributed by atoms with Crippen LogP contribution in [0.25, 0.3) is 0 Å². The van der Waals surface area contributed by atoms with Crippen LogP contribution in [-0.4, -0.2) is 37.2 Å². The maximum atomic E-state index is 12.8. The molecule has 0 fully saturated rings. The zero-order valence-corrected chi connectivity index (χ0v) is 43.4. The summed E-state index contributed by atoms with van der Waals surface area (Å²) in [6.45, 7) is 6.40. The van der Waals surface area contributed by atoms with E-state index in [-0.39, 0.29) is 31.6 Å². The number of esters is 3. The number of ether oxygens (including phenoxy) is 3. The van der Waals surface area contributed by atoms with Crippen LogP contribution < -0.4 is 0 Å². The Balaban J connectivity index is 4.54. The van der Waals surface area contributed by atoms with Gasteiger partial charge in [-0.05, 0) is 103 Å². The Morgan fingerprint density at radius 2 is 0.657 bits per heavy atom. The highest BCUT2D eigenvalue weighted by Crippen LogP contribution is 2.13. The third kappa shape index (κ3) is 52.9. The average molecular weight is 929 g/mol. The molecule has 380 valence electrons. The highest BCUT2D eigenvalue weighted by molar-refractivity contribution is 5.71. The van der Waals surface area contributed by atoms with Gasteiger partial charge >= 0.3 is 17.9 Å². The Morgan fingerprint density at radius 3 is 1.06 bits per heavy atom. The molecule has 0 bridgehead atoms. The molecule has 6 nitrogen and oxygen atoms in total. The van der Waals surface area contributed by atoms with Gasteiger partial charge in [0.25, 0.3) is 0 Å². The highest BCUT2D eigenvalue weighted by atomic mass is 16.6. The molecule has 0 spiro atoms. The van der Waals surface area contributed by atoms with Gasteiger partial charge in [0.2, 0.25) is 0 Å². The van der Waals surface area contributed by atoms with Crippen LogP contribution in [0.5, 0.6) is 0 Å². The molecule has 0 aromatic heterocycles. The van der Waals surface area contributed by atoms with Gasteiger partial charge in [-0.1, -0.05) is 226 Å². The third-order valence-electron chi connectivity index (χ3n) is 11.3. The molecule has 0 aliphatic rings. The number of carbonyl (C=O) groups excluding carboxylic acids is 3. The Morgan fingerprint density at radius 1 is 0.328 bits per heavy atom. The predicted octanol–water partition coefficient (Wildman–Crippen LogP) is 18.3. The monoisotopic (exact) mass is 929 g/mol. The number of unbranched alkanes of at least 4 members (excludes halogenated alkanes) is 21. The van der Waals surface area contributed by atoms with Crippen LogP contribution in [0.15, 0.2) is 109 Å². The predicted molar refractivity (Wildman–Crippen MR) is 288 cm³/mol. The summed E-state index contributed by atoms with van der Waals surface area (Å²) in [4.78, 5) is 38.0. The Labute approximate surface area is 412 Å². The van der Waals surface area contributed by atoms with E-state index in [4.69, 9.17) is 14.2 Å². The zero-order chi connectivity index (χ0) is 48.6. The van der Waals surface area contributed by atoms with Crippen molar-refractivity contribution in [2.24, 2.45) is 0 Å². The van der Waals surface area contributed by atoms with Crippen LogP contribution >= 0.6 is 0 Å². The fraction of sp³-hybridized carbons (Fsp3) is 0.656. The second-order valence-corrected chi connectivity index (χ2v) is 17.8. The van der Waals surface area contributed by atoms with Crippen LogP contribution in [0.3, 0.4) is 0 Å². The summed E-state index contributed by atoms with van der Waals surface area (Å²) in [6, 6.07) is 0. The quantitative estimate of drug-likeness (QED) is 0.0199. The minimum Gasteiger partial charge on any atom is -0.462 e. The van der Waals surface area contributed by atoms with Gasteiger partial charge in [0.1, 0.15) is 13.2 Å². The van der Waals surface area contributed by atoms with Crippen molar-refractivity contribution in [1.82, 2.24) is 0 Å². The third-order valence-corrected chi connectivity index (χ3v) is 11.3. The van der Waals surface area contributed by atoms with E-state index in [1.54, 1.807) is 0 Å². The average Bonchev–Trinajstić information content (AvgIpc) is 3.33. The molecular formula is C61H100O6. The summed E-state index contributed by atoms with van der Waals surface area (Å²) >= 11 is 0. The minimum absolute atomic E-state index is 0.121. The lowest BCUT2D eigenvalue weighted by Gasteiger charge is -2.18. The first-order valence-electron chi connectivity index (χ1n) is 27.4. The van der Waals surface area contributed by atoms with Gasteiger partial charge in [0.15, 0.2) is 6.10 Å². The molecule has 0 rings (SSSR count). The van der Waals surface area contributed by atoms with Gasteiger partial charge in [0, 0.05) is 19.3 Å². The Kier molecular flexibility index (Phi) is 51.5. The molecule has 0 saturated carbocycles. The van der Waals surface area contributed by atoms with Crippen molar-refractivity contribution in [3.63, 3.8) is 0 Å². The van der Waals surface area contributed by atoms with Crippen molar-refractivity contribution in [2.45, 2.75) is 245 Å². The lowest BCUT2D eigenvalue weighted by Crippen LogP contribution is -2.30. The van der Waals surface area contributed by atoms with E-state index >= 15 is 0 Å². The van der Waals surface area contributed by atoms with Gasteiger partial charge in [-0.2, -0.15) is 0 Å². The minimum atomic E-state index is -0.831. The van der Waals surface area contributed by atoms with Crippen molar-refractivity contribution in [3.8, 4) is 0 Å². The fourth-order valence-corrected chi connectivity index (χ4v) is 7.18. The Bertz CT molecular complexity index is 1390. The van der Waals surface area contributed by atoms with E-state index in [9.17, 15) is 14.4 Å². The van der Waals surface area contributed by atoms with Gasteiger partial charge in [-0.15, -0.1) is 0 Å². The van der Waals surface area contributed by atoms with Crippen molar-refractivity contribution in [1.29, 1.82) is 0 Å². The van der Waals surface area contributed by atoms with Crippen molar-refractivity contribution in [2.75, 3.05) is 13.2 Å². The normalized spacial score (nSPS) is 12.9. The van der Waals surface area contributed by atoms with Crippen LogP contribution in [0, 0.1) is 0 Å².